The van der Waals surface area contributed by atoms with Gasteiger partial charge in [0.05, 0.1) is 19.3 Å². The van der Waals surface area contributed by atoms with Gasteiger partial charge in [-0.25, -0.2) is 0 Å². The third kappa shape index (κ3) is 6.40. The molecular weight excluding hydrogens is 365 g/mol. The molecule has 0 radical (unpaired) electrons. The van der Waals surface area contributed by atoms with Gasteiger partial charge in [-0.2, -0.15) is 0 Å². The minimum Gasteiger partial charge on any atom is -0.379 e. The van der Waals surface area contributed by atoms with Crippen molar-refractivity contribution in [1.82, 2.24) is 4.90 Å². The first kappa shape index (κ1) is 22.2. The molecule has 142 valence electrons. The van der Waals surface area contributed by atoms with Gasteiger partial charge < -0.3 is 20.5 Å². The van der Waals surface area contributed by atoms with E-state index in [1.165, 1.54) is 5.56 Å². The molecule has 0 saturated carbocycles. The van der Waals surface area contributed by atoms with Gasteiger partial charge in [0.15, 0.2) is 0 Å². The molecule has 3 rings (SSSR count). The highest BCUT2D eigenvalue weighted by Gasteiger charge is 2.29. The van der Waals surface area contributed by atoms with E-state index < -0.39 is 0 Å². The van der Waals surface area contributed by atoms with Crippen molar-refractivity contribution in [3.63, 3.8) is 0 Å². The van der Waals surface area contributed by atoms with Crippen LogP contribution < -0.4 is 11.1 Å². The van der Waals surface area contributed by atoms with Crippen molar-refractivity contribution in [1.29, 1.82) is 0 Å². The van der Waals surface area contributed by atoms with E-state index in [0.717, 1.165) is 51.4 Å². The summed E-state index contributed by atoms with van der Waals surface area (Å²) in [6, 6.07) is 8.01. The predicted molar refractivity (Wildman–Crippen MR) is 103 cm³/mol. The van der Waals surface area contributed by atoms with E-state index in [1.54, 1.807) is 0 Å². The van der Waals surface area contributed by atoms with Crippen molar-refractivity contribution in [2.45, 2.75) is 31.6 Å². The Morgan fingerprint density at radius 3 is 2.44 bits per heavy atom. The van der Waals surface area contributed by atoms with Gasteiger partial charge in [-0.1, -0.05) is 12.1 Å². The normalized spacial score (nSPS) is 23.4. The average Bonchev–Trinajstić information content (AvgIpc) is 3.07. The van der Waals surface area contributed by atoms with E-state index in [0.29, 0.717) is 6.54 Å². The Labute approximate surface area is 161 Å². The number of nitrogens with one attached hydrogen (secondary N) is 1. The molecule has 25 heavy (non-hydrogen) atoms. The van der Waals surface area contributed by atoms with Gasteiger partial charge in [-0.3, -0.25) is 9.69 Å². The Bertz CT molecular complexity index is 524. The zero-order chi connectivity index (χ0) is 16.1. The third-order valence-electron chi connectivity index (χ3n) is 4.39. The Balaban J connectivity index is 0.00000156. The summed E-state index contributed by atoms with van der Waals surface area (Å²) in [5, 5.41) is 2.92. The molecule has 6 nitrogen and oxygen atoms in total. The molecule has 0 bridgehead atoms. The SMILES string of the molecule is Cl.Cl.NC[C@H]1CC[C@@H](C(=O)Nc2ccc(CN3CCOCC3)cc2)O1. The molecular formula is C17H27Cl2N3O3. The van der Waals surface area contributed by atoms with Crippen LogP contribution >= 0.6 is 24.8 Å². The van der Waals surface area contributed by atoms with Gasteiger partial charge in [0.2, 0.25) is 0 Å². The summed E-state index contributed by atoms with van der Waals surface area (Å²) >= 11 is 0. The summed E-state index contributed by atoms with van der Waals surface area (Å²) < 4.78 is 11.0. The smallest absolute Gasteiger partial charge is 0.253 e. The van der Waals surface area contributed by atoms with Crippen LogP contribution in [0.4, 0.5) is 5.69 Å². The molecule has 0 aliphatic carbocycles. The van der Waals surface area contributed by atoms with Gasteiger partial charge >= 0.3 is 0 Å². The van der Waals surface area contributed by atoms with E-state index in [-0.39, 0.29) is 42.9 Å². The number of ether oxygens (including phenoxy) is 2. The Morgan fingerprint density at radius 1 is 1.16 bits per heavy atom. The third-order valence-corrected chi connectivity index (χ3v) is 4.39. The second-order valence-corrected chi connectivity index (χ2v) is 6.13. The van der Waals surface area contributed by atoms with Crippen molar-refractivity contribution >= 4 is 36.4 Å². The molecule has 1 aromatic rings. The first-order valence-electron chi connectivity index (χ1n) is 8.30. The molecule has 0 spiro atoms. The van der Waals surface area contributed by atoms with E-state index in [4.69, 9.17) is 15.2 Å². The standard InChI is InChI=1S/C17H25N3O3.2ClH/c18-11-15-5-6-16(23-15)17(21)19-14-3-1-13(2-4-14)12-20-7-9-22-10-8-20;;/h1-4,15-16H,5-12,18H2,(H,19,21);2*1H/t15-,16+;;/m1../s1. The van der Waals surface area contributed by atoms with E-state index in [9.17, 15) is 4.79 Å². The maximum absolute atomic E-state index is 12.2. The first-order chi connectivity index (χ1) is 11.2. The van der Waals surface area contributed by atoms with Gasteiger partial charge in [-0.15, -0.1) is 24.8 Å². The largest absolute Gasteiger partial charge is 0.379 e. The number of carbonyl (C=O) groups is 1. The number of benzene rings is 1. The van der Waals surface area contributed by atoms with Crippen LogP contribution in [0.15, 0.2) is 24.3 Å². The van der Waals surface area contributed by atoms with Crippen molar-refractivity contribution < 1.29 is 14.3 Å². The number of anilines is 1. The summed E-state index contributed by atoms with van der Waals surface area (Å²) in [6.07, 6.45) is 1.23. The van der Waals surface area contributed by atoms with Crippen LogP contribution in [0, 0.1) is 0 Å². The lowest BCUT2D eigenvalue weighted by molar-refractivity contribution is -0.126. The average molecular weight is 392 g/mol. The summed E-state index contributed by atoms with van der Waals surface area (Å²) in [5.41, 5.74) is 7.62. The number of morpholine rings is 1. The van der Waals surface area contributed by atoms with Crippen LogP contribution in [-0.4, -0.2) is 55.9 Å². The van der Waals surface area contributed by atoms with Gasteiger partial charge in [0, 0.05) is 31.9 Å². The maximum atomic E-state index is 12.2. The number of hydrogen-bond acceptors (Lipinski definition) is 5. The highest BCUT2D eigenvalue weighted by atomic mass is 35.5. The zero-order valence-corrected chi connectivity index (χ0v) is 15.8. The lowest BCUT2D eigenvalue weighted by Gasteiger charge is -2.26. The molecule has 0 aromatic heterocycles. The Morgan fingerprint density at radius 2 is 1.84 bits per heavy atom. The lowest BCUT2D eigenvalue weighted by Crippen LogP contribution is -2.35. The second-order valence-electron chi connectivity index (χ2n) is 6.13. The topological polar surface area (TPSA) is 76.8 Å². The van der Waals surface area contributed by atoms with Crippen LogP contribution in [0.3, 0.4) is 0 Å². The highest BCUT2D eigenvalue weighted by molar-refractivity contribution is 5.94. The van der Waals surface area contributed by atoms with Crippen molar-refractivity contribution in [3.05, 3.63) is 29.8 Å². The molecule has 2 heterocycles. The fourth-order valence-corrected chi connectivity index (χ4v) is 3.01. The van der Waals surface area contributed by atoms with Crippen LogP contribution in [0.2, 0.25) is 0 Å². The molecule has 2 aliphatic heterocycles. The summed E-state index contributed by atoms with van der Waals surface area (Å²) in [6.45, 7) is 4.94. The van der Waals surface area contributed by atoms with Crippen molar-refractivity contribution in [2.24, 2.45) is 5.73 Å². The summed E-state index contributed by atoms with van der Waals surface area (Å²) in [4.78, 5) is 14.6. The molecule has 1 aromatic carbocycles. The second kappa shape index (κ2) is 11.0. The van der Waals surface area contributed by atoms with Crippen LogP contribution in [0.1, 0.15) is 18.4 Å². The number of halogens is 2. The van der Waals surface area contributed by atoms with E-state index in [2.05, 4.69) is 22.3 Å². The van der Waals surface area contributed by atoms with E-state index >= 15 is 0 Å². The van der Waals surface area contributed by atoms with Crippen molar-refractivity contribution in [3.8, 4) is 0 Å². The van der Waals surface area contributed by atoms with Gasteiger partial charge in [-0.05, 0) is 30.5 Å². The molecule has 2 saturated heterocycles. The zero-order valence-electron chi connectivity index (χ0n) is 14.2. The quantitative estimate of drug-likeness (QED) is 0.799. The molecule has 8 heteroatoms. The summed E-state index contributed by atoms with van der Waals surface area (Å²) in [7, 11) is 0. The number of rotatable bonds is 5. The number of nitrogens with two attached hydrogens (primary N) is 1. The predicted octanol–water partition coefficient (Wildman–Crippen LogP) is 1.81. The minimum atomic E-state index is -0.378. The van der Waals surface area contributed by atoms with Crippen LogP contribution in [0.5, 0.6) is 0 Å². The fraction of sp³-hybridized carbons (Fsp3) is 0.588. The maximum Gasteiger partial charge on any atom is 0.253 e. The Kier molecular flexibility index (Phi) is 9.71. The lowest BCUT2D eigenvalue weighted by atomic mass is 10.1. The molecule has 2 fully saturated rings. The summed E-state index contributed by atoms with van der Waals surface area (Å²) in [5.74, 6) is -0.0816. The number of amides is 1. The number of hydrogen-bond donors (Lipinski definition) is 2. The highest BCUT2D eigenvalue weighted by Crippen LogP contribution is 2.21. The van der Waals surface area contributed by atoms with Crippen LogP contribution in [-0.2, 0) is 20.8 Å². The number of carbonyl (C=O) groups excluding carboxylic acids is 1. The van der Waals surface area contributed by atoms with Crippen LogP contribution in [0.25, 0.3) is 0 Å². The molecule has 1 amide bonds. The Hall–Kier alpha value is -0.890. The van der Waals surface area contributed by atoms with E-state index in [1.807, 2.05) is 12.1 Å². The monoisotopic (exact) mass is 391 g/mol. The van der Waals surface area contributed by atoms with Gasteiger partial charge in [0.1, 0.15) is 6.10 Å². The molecule has 2 aliphatic rings. The molecule has 3 N–H and O–H groups in total. The fourth-order valence-electron chi connectivity index (χ4n) is 3.01. The first-order valence-corrected chi connectivity index (χ1v) is 8.30. The number of nitrogens with zero attached hydrogens (tertiary/aromatic N) is 1. The minimum absolute atomic E-state index is 0. The molecule has 2 atom stereocenters. The molecule has 0 unspecified atom stereocenters. The van der Waals surface area contributed by atoms with Crippen molar-refractivity contribution in [2.75, 3.05) is 38.2 Å². The van der Waals surface area contributed by atoms with Gasteiger partial charge in [0.25, 0.3) is 5.91 Å².